The zero-order valence-corrected chi connectivity index (χ0v) is 16.6. The van der Waals surface area contributed by atoms with E-state index in [1.54, 1.807) is 32.9 Å². The van der Waals surface area contributed by atoms with E-state index in [1.165, 1.54) is 6.08 Å². The van der Waals surface area contributed by atoms with Gasteiger partial charge in [-0.15, -0.1) is 0 Å². The number of cyclic esters (lactones) is 1. The standard InChI is InChI=1S/C20H29NO6/c1-12(2)17-20(4,5)27-19(25)21(17)18(24)13(3)16-15(23)10-9-14(26-16)8-6-7-11-22/h8-10,12-13,16-17,22H,6-7,11H2,1-5H3. The average Bonchev–Trinajstić information content (AvgIpc) is 2.83. The fraction of sp³-hybridized carbons (Fsp3) is 0.650. The highest BCUT2D eigenvalue weighted by Gasteiger charge is 2.53. The summed E-state index contributed by atoms with van der Waals surface area (Å²) in [7, 11) is 0. The van der Waals surface area contributed by atoms with E-state index in [9.17, 15) is 14.4 Å². The topological polar surface area (TPSA) is 93.1 Å². The van der Waals surface area contributed by atoms with Crippen LogP contribution in [0.15, 0.2) is 24.0 Å². The molecule has 0 aliphatic carbocycles. The van der Waals surface area contributed by atoms with E-state index in [2.05, 4.69) is 0 Å². The molecule has 2 aliphatic rings. The van der Waals surface area contributed by atoms with Crippen molar-refractivity contribution in [3.8, 4) is 0 Å². The van der Waals surface area contributed by atoms with Gasteiger partial charge in [0.05, 0.1) is 12.0 Å². The summed E-state index contributed by atoms with van der Waals surface area (Å²) in [5, 5.41) is 8.87. The number of carbonyl (C=O) groups is 3. The maximum absolute atomic E-state index is 13.1. The van der Waals surface area contributed by atoms with Gasteiger partial charge in [0.2, 0.25) is 5.91 Å². The molecule has 2 amide bonds. The molecule has 150 valence electrons. The molecule has 0 saturated carbocycles. The van der Waals surface area contributed by atoms with E-state index < -0.39 is 35.7 Å². The number of ketones is 1. The number of hydrogen-bond acceptors (Lipinski definition) is 6. The minimum absolute atomic E-state index is 0.000546. The van der Waals surface area contributed by atoms with Gasteiger partial charge in [-0.05, 0) is 57.8 Å². The lowest BCUT2D eigenvalue weighted by Crippen LogP contribution is -2.52. The molecular weight excluding hydrogens is 350 g/mol. The second kappa shape index (κ2) is 8.25. The smallest absolute Gasteiger partial charge is 0.417 e. The van der Waals surface area contributed by atoms with Crippen LogP contribution in [0.3, 0.4) is 0 Å². The first-order valence-electron chi connectivity index (χ1n) is 9.35. The molecule has 3 unspecified atom stereocenters. The summed E-state index contributed by atoms with van der Waals surface area (Å²) in [6.45, 7) is 9.05. The van der Waals surface area contributed by atoms with Crippen molar-refractivity contribution in [2.24, 2.45) is 11.8 Å². The summed E-state index contributed by atoms with van der Waals surface area (Å²) in [5.41, 5.74) is -0.798. The van der Waals surface area contributed by atoms with Crippen molar-refractivity contribution in [3.05, 3.63) is 24.0 Å². The van der Waals surface area contributed by atoms with Crippen LogP contribution >= 0.6 is 0 Å². The van der Waals surface area contributed by atoms with Gasteiger partial charge >= 0.3 is 6.09 Å². The maximum atomic E-state index is 13.1. The lowest BCUT2D eigenvalue weighted by Gasteiger charge is -2.33. The predicted octanol–water partition coefficient (Wildman–Crippen LogP) is 2.59. The van der Waals surface area contributed by atoms with Crippen LogP contribution in [0.5, 0.6) is 0 Å². The quantitative estimate of drug-likeness (QED) is 0.713. The van der Waals surface area contributed by atoms with Gasteiger partial charge in [0.25, 0.3) is 0 Å². The van der Waals surface area contributed by atoms with Gasteiger partial charge in [0, 0.05) is 6.61 Å². The fourth-order valence-electron chi connectivity index (χ4n) is 3.74. The van der Waals surface area contributed by atoms with Crippen molar-refractivity contribution in [2.45, 2.75) is 65.2 Å². The minimum atomic E-state index is -0.993. The molecule has 1 fully saturated rings. The predicted molar refractivity (Wildman–Crippen MR) is 98.6 cm³/mol. The van der Waals surface area contributed by atoms with Crippen molar-refractivity contribution in [3.63, 3.8) is 0 Å². The first kappa shape index (κ1) is 21.2. The largest absolute Gasteiger partial charge is 0.482 e. The molecule has 7 heteroatoms. The van der Waals surface area contributed by atoms with Crippen LogP contribution < -0.4 is 0 Å². The molecule has 0 bridgehead atoms. The summed E-state index contributed by atoms with van der Waals surface area (Å²) < 4.78 is 11.1. The molecule has 2 rings (SSSR count). The number of ether oxygens (including phenoxy) is 2. The van der Waals surface area contributed by atoms with Crippen LogP contribution in [0.1, 0.15) is 47.5 Å². The average molecular weight is 379 g/mol. The molecule has 1 saturated heterocycles. The zero-order valence-electron chi connectivity index (χ0n) is 16.6. The number of amides is 2. The van der Waals surface area contributed by atoms with E-state index in [0.717, 1.165) is 4.90 Å². The van der Waals surface area contributed by atoms with Crippen LogP contribution in [0.4, 0.5) is 4.79 Å². The molecule has 27 heavy (non-hydrogen) atoms. The molecule has 0 spiro atoms. The van der Waals surface area contributed by atoms with E-state index in [4.69, 9.17) is 14.6 Å². The maximum Gasteiger partial charge on any atom is 0.417 e. The van der Waals surface area contributed by atoms with Crippen molar-refractivity contribution in [1.29, 1.82) is 0 Å². The summed E-state index contributed by atoms with van der Waals surface area (Å²) in [6.07, 6.45) is 4.21. The molecule has 0 radical (unpaired) electrons. The molecule has 0 aromatic carbocycles. The molecule has 7 nitrogen and oxygen atoms in total. The Balaban J connectivity index is 2.20. The normalized spacial score (nSPS) is 27.1. The van der Waals surface area contributed by atoms with Crippen LogP contribution in [0, 0.1) is 11.8 Å². The first-order valence-corrected chi connectivity index (χ1v) is 9.35. The Kier molecular flexibility index (Phi) is 6.46. The fourth-order valence-corrected chi connectivity index (χ4v) is 3.74. The molecule has 1 N–H and O–H groups in total. The number of carbonyl (C=O) groups excluding carboxylic acids is 3. The Morgan fingerprint density at radius 1 is 1.30 bits per heavy atom. The highest BCUT2D eigenvalue weighted by Crippen LogP contribution is 2.36. The Morgan fingerprint density at radius 3 is 2.56 bits per heavy atom. The summed E-state index contributed by atoms with van der Waals surface area (Å²) >= 11 is 0. The second-order valence-electron chi connectivity index (χ2n) is 7.90. The summed E-state index contributed by atoms with van der Waals surface area (Å²) in [5.74, 6) is -1.15. The number of aliphatic hydroxyl groups is 1. The van der Waals surface area contributed by atoms with Gasteiger partial charge in [0.15, 0.2) is 11.9 Å². The van der Waals surface area contributed by atoms with Crippen molar-refractivity contribution >= 4 is 17.8 Å². The van der Waals surface area contributed by atoms with Gasteiger partial charge in [-0.1, -0.05) is 13.8 Å². The van der Waals surface area contributed by atoms with Crippen molar-refractivity contribution in [2.75, 3.05) is 6.61 Å². The van der Waals surface area contributed by atoms with E-state index in [-0.39, 0.29) is 18.3 Å². The molecular formula is C20H29NO6. The van der Waals surface area contributed by atoms with E-state index in [0.29, 0.717) is 18.6 Å². The molecule has 2 heterocycles. The highest BCUT2D eigenvalue weighted by atomic mass is 16.6. The Morgan fingerprint density at radius 2 is 1.96 bits per heavy atom. The van der Waals surface area contributed by atoms with Gasteiger partial charge in [0.1, 0.15) is 11.4 Å². The molecule has 3 atom stereocenters. The third-order valence-corrected chi connectivity index (χ3v) is 4.91. The Labute approximate surface area is 160 Å². The zero-order chi connectivity index (χ0) is 20.4. The number of unbranched alkanes of at least 4 members (excludes halogenated alkanes) is 1. The molecule has 2 aliphatic heterocycles. The number of imide groups is 1. The lowest BCUT2D eigenvalue weighted by molar-refractivity contribution is -0.143. The van der Waals surface area contributed by atoms with Crippen molar-refractivity contribution < 1.29 is 29.0 Å². The molecule has 0 aromatic rings. The van der Waals surface area contributed by atoms with Crippen LogP contribution in [-0.4, -0.2) is 52.1 Å². The van der Waals surface area contributed by atoms with Gasteiger partial charge in [-0.25, -0.2) is 9.69 Å². The SMILES string of the molecule is CC(C)C1N(C(=O)C(C)C2OC(=CCCCO)C=CC2=O)C(=O)OC1(C)C. The number of allylic oxidation sites excluding steroid dienone is 2. The highest BCUT2D eigenvalue weighted by molar-refractivity contribution is 6.02. The number of nitrogens with zero attached hydrogens (tertiary/aromatic N) is 1. The van der Waals surface area contributed by atoms with Crippen LogP contribution in [0.2, 0.25) is 0 Å². The van der Waals surface area contributed by atoms with Gasteiger partial charge in [-0.3, -0.25) is 9.59 Å². The first-order chi connectivity index (χ1) is 12.6. The van der Waals surface area contributed by atoms with Gasteiger partial charge < -0.3 is 14.6 Å². The second-order valence-corrected chi connectivity index (χ2v) is 7.90. The monoisotopic (exact) mass is 379 g/mol. The third kappa shape index (κ3) is 4.40. The number of hydrogen-bond donors (Lipinski definition) is 1. The Bertz CT molecular complexity index is 663. The summed E-state index contributed by atoms with van der Waals surface area (Å²) in [6, 6.07) is -0.422. The number of rotatable bonds is 6. The minimum Gasteiger partial charge on any atom is -0.482 e. The van der Waals surface area contributed by atoms with E-state index in [1.807, 2.05) is 13.8 Å². The lowest BCUT2D eigenvalue weighted by atomic mass is 9.87. The van der Waals surface area contributed by atoms with Crippen molar-refractivity contribution in [1.82, 2.24) is 4.90 Å². The third-order valence-electron chi connectivity index (χ3n) is 4.91. The van der Waals surface area contributed by atoms with Gasteiger partial charge in [-0.2, -0.15) is 0 Å². The summed E-state index contributed by atoms with van der Waals surface area (Å²) in [4.78, 5) is 38.9. The van der Waals surface area contributed by atoms with E-state index >= 15 is 0 Å². The molecule has 0 aromatic heterocycles. The van der Waals surface area contributed by atoms with Crippen LogP contribution in [-0.2, 0) is 19.1 Å². The van der Waals surface area contributed by atoms with Crippen LogP contribution in [0.25, 0.3) is 0 Å². The number of aliphatic hydroxyl groups excluding tert-OH is 1. The Hall–Kier alpha value is -2.15.